The summed E-state index contributed by atoms with van der Waals surface area (Å²) in [6.07, 6.45) is 5.12. The Morgan fingerprint density at radius 1 is 1.31 bits per heavy atom. The maximum Gasteiger partial charge on any atom is 0.249 e. The largest absolute Gasteiger partial charge is 0.489 e. The molecular weight excluding hydrogens is 412 g/mol. The molecule has 3 aromatic rings. The number of H-pyrrole nitrogens is 1. The van der Waals surface area contributed by atoms with Crippen LogP contribution in [0.3, 0.4) is 0 Å². The second-order valence-corrected chi connectivity index (χ2v) is 8.68. The Morgan fingerprint density at radius 3 is 2.88 bits per heavy atom. The molecule has 0 fully saturated rings. The maximum absolute atomic E-state index is 14.1. The van der Waals surface area contributed by atoms with Crippen LogP contribution in [0.4, 0.5) is 8.78 Å². The highest BCUT2D eigenvalue weighted by Gasteiger charge is 2.29. The van der Waals surface area contributed by atoms with Crippen LogP contribution in [0.25, 0.3) is 10.9 Å². The number of hydrogen-bond acceptors (Lipinski definition) is 3. The lowest BCUT2D eigenvalue weighted by atomic mass is 9.90. The van der Waals surface area contributed by atoms with Gasteiger partial charge in [0, 0.05) is 40.3 Å². The third-order valence-corrected chi connectivity index (χ3v) is 6.53. The summed E-state index contributed by atoms with van der Waals surface area (Å²) in [6, 6.07) is 7.62. The molecule has 0 spiro atoms. The van der Waals surface area contributed by atoms with E-state index in [9.17, 15) is 13.6 Å². The molecule has 1 aromatic heterocycles. The number of nitrogens with one attached hydrogen (secondary N) is 2. The number of benzene rings is 2. The molecular formula is C25H29F2N3O2. The van der Waals surface area contributed by atoms with Crippen LogP contribution in [0.15, 0.2) is 36.5 Å². The van der Waals surface area contributed by atoms with Gasteiger partial charge in [-0.1, -0.05) is 13.8 Å². The zero-order chi connectivity index (χ0) is 22.8. The smallest absolute Gasteiger partial charge is 0.249 e. The van der Waals surface area contributed by atoms with Crippen molar-refractivity contribution in [1.82, 2.24) is 10.3 Å². The lowest BCUT2D eigenvalue weighted by Gasteiger charge is -2.33. The van der Waals surface area contributed by atoms with Gasteiger partial charge in [-0.2, -0.15) is 0 Å². The normalized spacial score (nSPS) is 17.6. The molecule has 2 aromatic carbocycles. The highest BCUT2D eigenvalue weighted by molar-refractivity contribution is 5.95. The second kappa shape index (κ2) is 9.28. The first-order chi connectivity index (χ1) is 15.4. The van der Waals surface area contributed by atoms with Crippen molar-refractivity contribution in [2.45, 2.75) is 51.6 Å². The summed E-state index contributed by atoms with van der Waals surface area (Å²) in [5.74, 6) is -0.806. The SMILES string of the molecule is CCC(N[C@@H]1COc2c(F)ccc(C(N)=O)c2C1)[C@H](C)CCc1c[nH]c2ccc(F)cc12. The Balaban J connectivity index is 1.42. The third-order valence-electron chi connectivity index (χ3n) is 6.53. The first-order valence-corrected chi connectivity index (χ1v) is 11.1. The summed E-state index contributed by atoms with van der Waals surface area (Å²) in [5, 5.41) is 4.57. The predicted octanol–water partition coefficient (Wildman–Crippen LogP) is 4.49. The Labute approximate surface area is 186 Å². The molecule has 4 N–H and O–H groups in total. The zero-order valence-electron chi connectivity index (χ0n) is 18.4. The van der Waals surface area contributed by atoms with E-state index in [4.69, 9.17) is 10.5 Å². The zero-order valence-corrected chi connectivity index (χ0v) is 18.4. The lowest BCUT2D eigenvalue weighted by molar-refractivity contribution is 0.0997. The third kappa shape index (κ3) is 4.48. The molecule has 32 heavy (non-hydrogen) atoms. The summed E-state index contributed by atoms with van der Waals surface area (Å²) >= 11 is 0. The molecule has 0 radical (unpaired) electrons. The quantitative estimate of drug-likeness (QED) is 0.482. The molecule has 1 aliphatic rings. The number of halogens is 2. The van der Waals surface area contributed by atoms with E-state index in [-0.39, 0.29) is 23.7 Å². The average molecular weight is 442 g/mol. The van der Waals surface area contributed by atoms with Gasteiger partial charge < -0.3 is 20.8 Å². The Kier molecular flexibility index (Phi) is 6.46. The Bertz CT molecular complexity index is 1130. The fraction of sp³-hybridized carbons (Fsp3) is 0.400. The standard InChI is InChI=1S/C25H29F2N3O2/c1-3-22(14(2)4-5-15-12-29-23-9-6-16(26)10-19(15)23)30-17-11-20-18(25(28)31)7-8-21(27)24(20)32-13-17/h6-10,12,14,17,22,29-30H,3-5,11,13H2,1-2H3,(H2,28,31)/t14-,17+,22?/m1/s1. The first-order valence-electron chi connectivity index (χ1n) is 11.1. The number of fused-ring (bicyclic) bond motifs is 2. The van der Waals surface area contributed by atoms with Gasteiger partial charge in [0.05, 0.1) is 0 Å². The van der Waals surface area contributed by atoms with Crippen LogP contribution in [0.5, 0.6) is 5.75 Å². The number of carbonyl (C=O) groups excluding carboxylic acids is 1. The number of carbonyl (C=O) groups is 1. The minimum absolute atomic E-state index is 0.0445. The number of aromatic amines is 1. The van der Waals surface area contributed by atoms with Crippen molar-refractivity contribution >= 4 is 16.8 Å². The first kappa shape index (κ1) is 22.3. The van der Waals surface area contributed by atoms with Crippen LogP contribution in [0.2, 0.25) is 0 Å². The van der Waals surface area contributed by atoms with Gasteiger partial charge in [-0.3, -0.25) is 4.79 Å². The summed E-state index contributed by atoms with van der Waals surface area (Å²) in [4.78, 5) is 15.0. The van der Waals surface area contributed by atoms with Gasteiger partial charge in [0.1, 0.15) is 12.4 Å². The molecule has 7 heteroatoms. The van der Waals surface area contributed by atoms with Crippen LogP contribution >= 0.6 is 0 Å². The van der Waals surface area contributed by atoms with E-state index in [1.807, 2.05) is 6.20 Å². The molecule has 0 saturated carbocycles. The van der Waals surface area contributed by atoms with E-state index in [0.29, 0.717) is 30.1 Å². The summed E-state index contributed by atoms with van der Waals surface area (Å²) in [5.41, 5.74) is 8.37. The number of aromatic nitrogens is 1. The van der Waals surface area contributed by atoms with Crippen molar-refractivity contribution in [3.8, 4) is 5.75 Å². The van der Waals surface area contributed by atoms with Gasteiger partial charge in [0.25, 0.3) is 0 Å². The molecule has 3 atom stereocenters. The summed E-state index contributed by atoms with van der Waals surface area (Å²) < 4.78 is 33.5. The number of rotatable bonds is 8. The Morgan fingerprint density at radius 2 is 2.12 bits per heavy atom. The van der Waals surface area contributed by atoms with Crippen LogP contribution in [-0.2, 0) is 12.8 Å². The number of aryl methyl sites for hydroxylation is 1. The average Bonchev–Trinajstić information content (AvgIpc) is 3.17. The fourth-order valence-corrected chi connectivity index (χ4v) is 4.71. The van der Waals surface area contributed by atoms with Crippen molar-refractivity contribution in [3.63, 3.8) is 0 Å². The molecule has 1 unspecified atom stereocenters. The van der Waals surface area contributed by atoms with Crippen LogP contribution < -0.4 is 15.8 Å². The van der Waals surface area contributed by atoms with Crippen molar-refractivity contribution in [3.05, 3.63) is 64.9 Å². The minimum atomic E-state index is -0.582. The number of nitrogens with two attached hydrogens (primary N) is 1. The van der Waals surface area contributed by atoms with E-state index in [1.165, 1.54) is 18.2 Å². The van der Waals surface area contributed by atoms with E-state index in [0.717, 1.165) is 35.7 Å². The number of hydrogen-bond donors (Lipinski definition) is 3. The molecule has 2 heterocycles. The second-order valence-electron chi connectivity index (χ2n) is 8.68. The van der Waals surface area contributed by atoms with Crippen LogP contribution in [0.1, 0.15) is 48.2 Å². The Hall–Kier alpha value is -2.93. The molecule has 1 amide bonds. The fourth-order valence-electron chi connectivity index (χ4n) is 4.71. The molecule has 0 aliphatic carbocycles. The number of primary amides is 1. The molecule has 5 nitrogen and oxygen atoms in total. The van der Waals surface area contributed by atoms with Crippen molar-refractivity contribution in [1.29, 1.82) is 0 Å². The number of amides is 1. The van der Waals surface area contributed by atoms with Gasteiger partial charge in [-0.25, -0.2) is 8.78 Å². The van der Waals surface area contributed by atoms with Crippen molar-refractivity contribution in [2.24, 2.45) is 11.7 Å². The van der Waals surface area contributed by atoms with Crippen LogP contribution in [-0.4, -0.2) is 29.6 Å². The van der Waals surface area contributed by atoms with Crippen LogP contribution in [0, 0.1) is 17.6 Å². The summed E-state index contributed by atoms with van der Waals surface area (Å²) in [7, 11) is 0. The predicted molar refractivity (Wildman–Crippen MR) is 121 cm³/mol. The monoisotopic (exact) mass is 441 g/mol. The topological polar surface area (TPSA) is 80.1 Å². The molecule has 1 aliphatic heterocycles. The molecule has 0 saturated heterocycles. The van der Waals surface area contributed by atoms with Gasteiger partial charge in [-0.05, 0) is 67.5 Å². The van der Waals surface area contributed by atoms with E-state index < -0.39 is 11.7 Å². The van der Waals surface area contributed by atoms with Gasteiger partial charge >= 0.3 is 0 Å². The maximum atomic E-state index is 14.1. The van der Waals surface area contributed by atoms with Crippen molar-refractivity contribution < 1.29 is 18.3 Å². The molecule has 0 bridgehead atoms. The highest BCUT2D eigenvalue weighted by Crippen LogP contribution is 2.31. The van der Waals surface area contributed by atoms with Gasteiger partial charge in [0.15, 0.2) is 11.6 Å². The highest BCUT2D eigenvalue weighted by atomic mass is 19.1. The summed E-state index contributed by atoms with van der Waals surface area (Å²) in [6.45, 7) is 4.65. The lowest BCUT2D eigenvalue weighted by Crippen LogP contribution is -2.47. The molecule has 170 valence electrons. The minimum Gasteiger partial charge on any atom is -0.489 e. The molecule has 4 rings (SSSR count). The number of ether oxygens (including phenoxy) is 1. The van der Waals surface area contributed by atoms with Gasteiger partial charge in [-0.15, -0.1) is 0 Å². The van der Waals surface area contributed by atoms with E-state index in [2.05, 4.69) is 24.1 Å². The van der Waals surface area contributed by atoms with E-state index in [1.54, 1.807) is 12.1 Å². The van der Waals surface area contributed by atoms with Gasteiger partial charge in [0.2, 0.25) is 5.91 Å². The van der Waals surface area contributed by atoms with Crippen molar-refractivity contribution in [2.75, 3.05) is 6.61 Å². The van der Waals surface area contributed by atoms with E-state index >= 15 is 0 Å².